The zero-order chi connectivity index (χ0) is 22.5. The topological polar surface area (TPSA) is 133 Å². The molecule has 12 heteroatoms. The fourth-order valence-corrected chi connectivity index (χ4v) is 3.92. The number of hydrogen-bond donors (Lipinski definition) is 1. The van der Waals surface area contributed by atoms with Crippen molar-refractivity contribution < 1.29 is 18.9 Å². The minimum Gasteiger partial charge on any atom is -0.497 e. The second kappa shape index (κ2) is 9.58. The van der Waals surface area contributed by atoms with Gasteiger partial charge in [0.15, 0.2) is 5.13 Å². The van der Waals surface area contributed by atoms with Gasteiger partial charge in [-0.2, -0.15) is 0 Å². The van der Waals surface area contributed by atoms with Crippen molar-refractivity contribution in [1.82, 2.24) is 15.2 Å². The van der Waals surface area contributed by atoms with Crippen LogP contribution in [0.4, 0.5) is 10.8 Å². The van der Waals surface area contributed by atoms with Gasteiger partial charge in [0.25, 0.3) is 10.9 Å². The van der Waals surface area contributed by atoms with Crippen LogP contribution in [-0.2, 0) is 4.79 Å². The van der Waals surface area contributed by atoms with E-state index in [4.69, 9.17) is 9.15 Å². The lowest BCUT2D eigenvalue weighted by molar-refractivity contribution is -0.384. The Bertz CT molecular complexity index is 1240. The summed E-state index contributed by atoms with van der Waals surface area (Å²) in [6.45, 7) is 0. The van der Waals surface area contributed by atoms with E-state index in [0.717, 1.165) is 28.8 Å². The van der Waals surface area contributed by atoms with Crippen LogP contribution in [0.5, 0.6) is 5.75 Å². The average Bonchev–Trinajstić information content (AvgIpc) is 3.48. The van der Waals surface area contributed by atoms with Gasteiger partial charge >= 0.3 is 0 Å². The Balaban J connectivity index is 1.32. The van der Waals surface area contributed by atoms with E-state index in [1.807, 2.05) is 29.6 Å². The van der Waals surface area contributed by atoms with Crippen molar-refractivity contribution in [2.45, 2.75) is 5.22 Å². The molecule has 1 N–H and O–H groups in total. The van der Waals surface area contributed by atoms with Crippen molar-refractivity contribution in [1.29, 1.82) is 0 Å². The van der Waals surface area contributed by atoms with Crippen LogP contribution in [-0.4, -0.2) is 38.9 Å². The summed E-state index contributed by atoms with van der Waals surface area (Å²) in [6, 6.07) is 13.2. The summed E-state index contributed by atoms with van der Waals surface area (Å²) in [7, 11) is 1.61. The van der Waals surface area contributed by atoms with E-state index < -0.39 is 4.92 Å². The van der Waals surface area contributed by atoms with Crippen LogP contribution in [0, 0.1) is 10.1 Å². The number of methoxy groups -OCH3 is 1. The van der Waals surface area contributed by atoms with E-state index in [1.165, 1.54) is 35.6 Å². The molecule has 0 aliphatic heterocycles. The van der Waals surface area contributed by atoms with Gasteiger partial charge in [0.1, 0.15) is 5.75 Å². The number of hydrogen-bond acceptors (Lipinski definition) is 10. The molecule has 0 saturated heterocycles. The van der Waals surface area contributed by atoms with Crippen LogP contribution >= 0.6 is 23.1 Å². The molecule has 4 aromatic rings. The number of ether oxygens (including phenoxy) is 1. The number of benzene rings is 2. The van der Waals surface area contributed by atoms with Gasteiger partial charge in [0.05, 0.1) is 23.5 Å². The molecule has 4 rings (SSSR count). The molecule has 0 fully saturated rings. The first-order chi connectivity index (χ1) is 15.5. The number of non-ortho nitro benzene ring substituents is 1. The zero-order valence-corrected chi connectivity index (χ0v) is 18.2. The Hall–Kier alpha value is -3.77. The second-order valence-electron chi connectivity index (χ2n) is 6.28. The van der Waals surface area contributed by atoms with Gasteiger partial charge < -0.3 is 14.5 Å². The SMILES string of the molecule is COc1ccc(-c2csc(NC(=O)CSc3nnc(-c4ccc([N+](=O)[O-])cc4)o3)n2)cc1. The highest BCUT2D eigenvalue weighted by Gasteiger charge is 2.14. The molecule has 2 heterocycles. The Kier molecular flexibility index (Phi) is 6.42. The Morgan fingerprint density at radius 3 is 2.56 bits per heavy atom. The lowest BCUT2D eigenvalue weighted by Gasteiger charge is -2.01. The van der Waals surface area contributed by atoms with Gasteiger partial charge in [-0.1, -0.05) is 11.8 Å². The van der Waals surface area contributed by atoms with Crippen molar-refractivity contribution in [3.05, 3.63) is 64.0 Å². The third-order valence-corrected chi connectivity index (χ3v) is 5.77. The largest absolute Gasteiger partial charge is 0.497 e. The van der Waals surface area contributed by atoms with Crippen LogP contribution in [0.15, 0.2) is 63.6 Å². The molecule has 2 aromatic heterocycles. The highest BCUT2D eigenvalue weighted by Crippen LogP contribution is 2.28. The molecule has 0 radical (unpaired) electrons. The molecule has 0 aliphatic carbocycles. The Morgan fingerprint density at radius 1 is 1.16 bits per heavy atom. The first kappa shape index (κ1) is 21.5. The highest BCUT2D eigenvalue weighted by molar-refractivity contribution is 7.99. The number of nitro benzene ring substituents is 1. The molecular weight excluding hydrogens is 454 g/mol. The number of nitrogens with one attached hydrogen (secondary N) is 1. The van der Waals surface area contributed by atoms with Gasteiger partial charge in [0.2, 0.25) is 11.8 Å². The molecule has 0 spiro atoms. The van der Waals surface area contributed by atoms with Crippen molar-refractivity contribution >= 4 is 39.8 Å². The van der Waals surface area contributed by atoms with E-state index in [0.29, 0.717) is 10.7 Å². The number of rotatable bonds is 8. The maximum absolute atomic E-state index is 12.3. The lowest BCUT2D eigenvalue weighted by atomic mass is 10.2. The van der Waals surface area contributed by atoms with E-state index in [9.17, 15) is 14.9 Å². The molecule has 0 unspecified atom stereocenters. The second-order valence-corrected chi connectivity index (χ2v) is 8.07. The van der Waals surface area contributed by atoms with Gasteiger partial charge in [0, 0.05) is 28.6 Å². The maximum atomic E-state index is 12.3. The van der Waals surface area contributed by atoms with Crippen LogP contribution in [0.25, 0.3) is 22.7 Å². The van der Waals surface area contributed by atoms with E-state index in [-0.39, 0.29) is 28.5 Å². The fraction of sp³-hybridized carbons (Fsp3) is 0.100. The maximum Gasteiger partial charge on any atom is 0.277 e. The first-order valence-corrected chi connectivity index (χ1v) is 11.0. The standard InChI is InChI=1S/C20H15N5O5S2/c1-29-15-8-4-12(5-9-15)16-10-31-19(21-16)22-17(26)11-32-20-24-23-18(30-20)13-2-6-14(7-3-13)25(27)28/h2-10H,11H2,1H3,(H,21,22,26). The van der Waals surface area contributed by atoms with E-state index >= 15 is 0 Å². The molecule has 162 valence electrons. The summed E-state index contributed by atoms with van der Waals surface area (Å²) in [5.41, 5.74) is 2.19. The predicted molar refractivity (Wildman–Crippen MR) is 120 cm³/mol. The highest BCUT2D eigenvalue weighted by atomic mass is 32.2. The number of carbonyl (C=O) groups is 1. The number of nitro groups is 1. The number of thioether (sulfide) groups is 1. The molecule has 0 atom stereocenters. The number of carbonyl (C=O) groups excluding carboxylic acids is 1. The van der Waals surface area contributed by atoms with Crippen molar-refractivity contribution in [2.75, 3.05) is 18.2 Å². The van der Waals surface area contributed by atoms with Crippen molar-refractivity contribution in [3.8, 4) is 28.5 Å². The summed E-state index contributed by atoms with van der Waals surface area (Å²) in [5, 5.41) is 23.9. The Morgan fingerprint density at radius 2 is 1.88 bits per heavy atom. The number of amides is 1. The number of aromatic nitrogens is 3. The normalized spacial score (nSPS) is 10.7. The minimum absolute atomic E-state index is 0.0307. The van der Waals surface area contributed by atoms with E-state index in [1.54, 1.807) is 7.11 Å². The summed E-state index contributed by atoms with van der Waals surface area (Å²) >= 11 is 2.41. The summed E-state index contributed by atoms with van der Waals surface area (Å²) < 4.78 is 10.7. The summed E-state index contributed by atoms with van der Waals surface area (Å²) in [4.78, 5) is 26.9. The minimum atomic E-state index is -0.486. The fourth-order valence-electron chi connectivity index (χ4n) is 2.62. The summed E-state index contributed by atoms with van der Waals surface area (Å²) in [5.74, 6) is 0.763. The monoisotopic (exact) mass is 469 g/mol. The van der Waals surface area contributed by atoms with Crippen LogP contribution < -0.4 is 10.1 Å². The number of nitrogens with zero attached hydrogens (tertiary/aromatic N) is 4. The molecule has 10 nitrogen and oxygen atoms in total. The third kappa shape index (κ3) is 5.10. The van der Waals surface area contributed by atoms with Gasteiger partial charge in [-0.3, -0.25) is 14.9 Å². The lowest BCUT2D eigenvalue weighted by Crippen LogP contribution is -2.13. The van der Waals surface area contributed by atoms with Gasteiger partial charge in [-0.15, -0.1) is 21.5 Å². The Labute approximate surface area is 189 Å². The van der Waals surface area contributed by atoms with Crippen molar-refractivity contribution in [3.63, 3.8) is 0 Å². The molecule has 0 aliphatic rings. The zero-order valence-electron chi connectivity index (χ0n) is 16.5. The van der Waals surface area contributed by atoms with Gasteiger partial charge in [-0.05, 0) is 36.4 Å². The smallest absolute Gasteiger partial charge is 0.277 e. The summed E-state index contributed by atoms with van der Waals surface area (Å²) in [6.07, 6.45) is 0. The van der Waals surface area contributed by atoms with Crippen LogP contribution in [0.3, 0.4) is 0 Å². The molecule has 0 bridgehead atoms. The van der Waals surface area contributed by atoms with Crippen LogP contribution in [0.1, 0.15) is 0 Å². The predicted octanol–water partition coefficient (Wildman–Crippen LogP) is 4.51. The first-order valence-electron chi connectivity index (χ1n) is 9.13. The molecule has 2 aromatic carbocycles. The number of anilines is 1. The average molecular weight is 470 g/mol. The van der Waals surface area contributed by atoms with Gasteiger partial charge in [-0.25, -0.2) is 4.98 Å². The molecule has 1 amide bonds. The third-order valence-electron chi connectivity index (χ3n) is 4.19. The molecule has 0 saturated carbocycles. The quantitative estimate of drug-likeness (QED) is 0.225. The van der Waals surface area contributed by atoms with Crippen molar-refractivity contribution in [2.24, 2.45) is 0 Å². The molecular formula is C20H15N5O5S2. The van der Waals surface area contributed by atoms with E-state index in [2.05, 4.69) is 20.5 Å². The number of thiazole rings is 1. The van der Waals surface area contributed by atoms with Crippen LogP contribution in [0.2, 0.25) is 0 Å². The molecule has 32 heavy (non-hydrogen) atoms.